The third-order valence-electron chi connectivity index (χ3n) is 3.08. The summed E-state index contributed by atoms with van der Waals surface area (Å²) < 4.78 is 10.6. The number of anilines is 1. The number of aryl methyl sites for hydroxylation is 1. The van der Waals surface area contributed by atoms with E-state index in [9.17, 15) is 4.79 Å². The van der Waals surface area contributed by atoms with Crippen molar-refractivity contribution in [3.63, 3.8) is 0 Å². The molecular weight excluding hydrogens is 278 g/mol. The molecule has 4 heteroatoms. The molecule has 0 saturated heterocycles. The average Bonchev–Trinajstić information content (AvgIpc) is 2.54. The zero-order chi connectivity index (χ0) is 15.9. The van der Waals surface area contributed by atoms with Gasteiger partial charge in [-0.2, -0.15) is 0 Å². The Morgan fingerprint density at radius 2 is 1.77 bits per heavy atom. The first-order valence-electron chi connectivity index (χ1n) is 6.94. The van der Waals surface area contributed by atoms with Crippen LogP contribution in [0.5, 0.6) is 11.5 Å². The Hall–Kier alpha value is -2.75. The van der Waals surface area contributed by atoms with Crippen LogP contribution in [0.1, 0.15) is 12.5 Å². The normalized spacial score (nSPS) is 11.0. The molecule has 0 aromatic heterocycles. The summed E-state index contributed by atoms with van der Waals surface area (Å²) in [6.45, 7) is 3.70. The van der Waals surface area contributed by atoms with E-state index in [1.165, 1.54) is 6.26 Å². The van der Waals surface area contributed by atoms with Gasteiger partial charge in [-0.3, -0.25) is 4.79 Å². The lowest BCUT2D eigenvalue weighted by molar-refractivity contribution is -0.112. The van der Waals surface area contributed by atoms with Crippen molar-refractivity contribution in [2.45, 2.75) is 13.8 Å². The van der Waals surface area contributed by atoms with Crippen molar-refractivity contribution >= 4 is 11.6 Å². The molecule has 0 atom stereocenters. The fourth-order valence-electron chi connectivity index (χ4n) is 1.75. The van der Waals surface area contributed by atoms with E-state index in [1.807, 2.05) is 43.3 Å². The molecule has 114 valence electrons. The van der Waals surface area contributed by atoms with Crippen molar-refractivity contribution in [1.82, 2.24) is 0 Å². The fourth-order valence-corrected chi connectivity index (χ4v) is 1.75. The van der Waals surface area contributed by atoms with Gasteiger partial charge in [-0.1, -0.05) is 23.8 Å². The van der Waals surface area contributed by atoms with Crippen molar-refractivity contribution in [3.8, 4) is 11.5 Å². The number of nitrogens with one attached hydrogen (secondary N) is 1. The summed E-state index contributed by atoms with van der Waals surface area (Å²) in [6.07, 6.45) is 1.43. The number of rotatable bonds is 5. The van der Waals surface area contributed by atoms with Crippen LogP contribution in [-0.2, 0) is 4.79 Å². The van der Waals surface area contributed by atoms with Crippen LogP contribution in [-0.4, -0.2) is 13.0 Å². The predicted octanol–water partition coefficient (Wildman–Crippen LogP) is 3.92. The first-order chi connectivity index (χ1) is 10.6. The number of hydrogen-bond donors (Lipinski definition) is 1. The monoisotopic (exact) mass is 297 g/mol. The van der Waals surface area contributed by atoms with E-state index < -0.39 is 0 Å². The largest absolute Gasteiger partial charge is 0.497 e. The number of hydrogen-bond acceptors (Lipinski definition) is 3. The fraction of sp³-hybridized carbons (Fsp3) is 0.167. The topological polar surface area (TPSA) is 47.6 Å². The van der Waals surface area contributed by atoms with Crippen LogP contribution in [0.15, 0.2) is 60.4 Å². The van der Waals surface area contributed by atoms with Crippen molar-refractivity contribution in [3.05, 3.63) is 65.9 Å². The second-order valence-corrected chi connectivity index (χ2v) is 4.92. The number of amides is 1. The molecule has 22 heavy (non-hydrogen) atoms. The smallest absolute Gasteiger partial charge is 0.254 e. The van der Waals surface area contributed by atoms with Crippen LogP contribution in [0, 0.1) is 6.92 Å². The molecule has 2 aromatic carbocycles. The number of benzene rings is 2. The molecule has 0 spiro atoms. The van der Waals surface area contributed by atoms with Crippen molar-refractivity contribution in [2.75, 3.05) is 12.4 Å². The van der Waals surface area contributed by atoms with Crippen LogP contribution in [0.4, 0.5) is 5.69 Å². The maximum Gasteiger partial charge on any atom is 0.254 e. The van der Waals surface area contributed by atoms with Crippen LogP contribution in [0.25, 0.3) is 0 Å². The van der Waals surface area contributed by atoms with Crippen molar-refractivity contribution in [2.24, 2.45) is 0 Å². The molecule has 0 bridgehead atoms. The molecule has 1 N–H and O–H groups in total. The Balaban J connectivity index is 1.98. The molecule has 1 amide bonds. The number of carbonyl (C=O) groups is 1. The summed E-state index contributed by atoms with van der Waals surface area (Å²) >= 11 is 0. The van der Waals surface area contributed by atoms with Gasteiger partial charge in [-0.15, -0.1) is 0 Å². The Kier molecular flexibility index (Phi) is 5.20. The van der Waals surface area contributed by atoms with E-state index >= 15 is 0 Å². The van der Waals surface area contributed by atoms with E-state index in [2.05, 4.69) is 5.32 Å². The third kappa shape index (κ3) is 4.38. The van der Waals surface area contributed by atoms with Gasteiger partial charge in [0.2, 0.25) is 0 Å². The lowest BCUT2D eigenvalue weighted by Crippen LogP contribution is -2.13. The summed E-state index contributed by atoms with van der Waals surface area (Å²) in [4.78, 5) is 12.1. The number of ether oxygens (including phenoxy) is 2. The van der Waals surface area contributed by atoms with Crippen LogP contribution in [0.2, 0.25) is 0 Å². The average molecular weight is 297 g/mol. The number of carbonyl (C=O) groups excluding carboxylic acids is 1. The molecule has 0 heterocycles. The summed E-state index contributed by atoms with van der Waals surface area (Å²) in [7, 11) is 1.59. The second kappa shape index (κ2) is 7.31. The Morgan fingerprint density at radius 1 is 1.09 bits per heavy atom. The first kappa shape index (κ1) is 15.6. The first-order valence-corrected chi connectivity index (χ1v) is 6.94. The minimum Gasteiger partial charge on any atom is -0.497 e. The molecule has 4 nitrogen and oxygen atoms in total. The van der Waals surface area contributed by atoms with Crippen LogP contribution < -0.4 is 14.8 Å². The van der Waals surface area contributed by atoms with Gasteiger partial charge in [0.1, 0.15) is 11.5 Å². The summed E-state index contributed by atoms with van der Waals surface area (Å²) in [5, 5.41) is 2.82. The molecule has 0 aliphatic heterocycles. The zero-order valence-electron chi connectivity index (χ0n) is 12.9. The maximum absolute atomic E-state index is 12.1. The van der Waals surface area contributed by atoms with E-state index in [1.54, 1.807) is 26.2 Å². The lowest BCUT2D eigenvalue weighted by Gasteiger charge is -2.07. The van der Waals surface area contributed by atoms with Gasteiger partial charge in [0, 0.05) is 17.3 Å². The highest BCUT2D eigenvalue weighted by molar-refractivity contribution is 6.03. The zero-order valence-corrected chi connectivity index (χ0v) is 12.9. The van der Waals surface area contributed by atoms with Gasteiger partial charge in [0.15, 0.2) is 0 Å². The minimum atomic E-state index is -0.202. The van der Waals surface area contributed by atoms with E-state index in [0.29, 0.717) is 17.1 Å². The SMILES string of the molecule is COc1cccc(OC=C(C)C(=O)Nc2ccc(C)cc2)c1. The quantitative estimate of drug-likeness (QED) is 0.672. The molecular formula is C18H19NO3. The Labute approximate surface area is 130 Å². The van der Waals surface area contributed by atoms with Gasteiger partial charge >= 0.3 is 0 Å². The van der Waals surface area contributed by atoms with Gasteiger partial charge < -0.3 is 14.8 Å². The van der Waals surface area contributed by atoms with Crippen LogP contribution >= 0.6 is 0 Å². The van der Waals surface area contributed by atoms with Gasteiger partial charge in [0.05, 0.1) is 13.4 Å². The number of methoxy groups -OCH3 is 1. The van der Waals surface area contributed by atoms with Crippen molar-refractivity contribution in [1.29, 1.82) is 0 Å². The Morgan fingerprint density at radius 3 is 2.45 bits per heavy atom. The molecule has 2 aromatic rings. The minimum absolute atomic E-state index is 0.202. The summed E-state index contributed by atoms with van der Waals surface area (Å²) in [6, 6.07) is 14.8. The molecule has 0 aliphatic carbocycles. The summed E-state index contributed by atoms with van der Waals surface area (Å²) in [5.41, 5.74) is 2.37. The third-order valence-corrected chi connectivity index (χ3v) is 3.08. The maximum atomic E-state index is 12.1. The standard InChI is InChI=1S/C18H19NO3/c1-13-7-9-15(10-8-13)19-18(20)14(2)12-22-17-6-4-5-16(11-17)21-3/h4-12H,1-3H3,(H,19,20). The van der Waals surface area contributed by atoms with E-state index in [-0.39, 0.29) is 5.91 Å². The van der Waals surface area contributed by atoms with E-state index in [4.69, 9.17) is 9.47 Å². The van der Waals surface area contributed by atoms with Crippen LogP contribution in [0.3, 0.4) is 0 Å². The highest BCUT2D eigenvalue weighted by Gasteiger charge is 2.05. The highest BCUT2D eigenvalue weighted by Crippen LogP contribution is 2.19. The molecule has 0 aliphatic rings. The summed E-state index contributed by atoms with van der Waals surface area (Å²) in [5.74, 6) is 1.11. The van der Waals surface area contributed by atoms with E-state index in [0.717, 1.165) is 11.3 Å². The van der Waals surface area contributed by atoms with Crippen molar-refractivity contribution < 1.29 is 14.3 Å². The molecule has 2 rings (SSSR count). The van der Waals surface area contributed by atoms with Gasteiger partial charge in [0.25, 0.3) is 5.91 Å². The molecule has 0 fully saturated rings. The van der Waals surface area contributed by atoms with Gasteiger partial charge in [-0.25, -0.2) is 0 Å². The lowest BCUT2D eigenvalue weighted by atomic mass is 10.2. The molecule has 0 radical (unpaired) electrons. The second-order valence-electron chi connectivity index (χ2n) is 4.92. The highest BCUT2D eigenvalue weighted by atomic mass is 16.5. The molecule has 0 unspecified atom stereocenters. The van der Waals surface area contributed by atoms with Gasteiger partial charge in [-0.05, 0) is 38.1 Å². The molecule has 0 saturated carbocycles. The predicted molar refractivity (Wildman–Crippen MR) is 87.2 cm³/mol. The Bertz CT molecular complexity index is 675.